The Kier molecular flexibility index (Phi) is 4.57. The van der Waals surface area contributed by atoms with E-state index < -0.39 is 10.0 Å². The van der Waals surface area contributed by atoms with Crippen molar-refractivity contribution in [2.45, 2.75) is 18.4 Å². The lowest BCUT2D eigenvalue weighted by molar-refractivity contribution is 0.178. The van der Waals surface area contributed by atoms with Gasteiger partial charge >= 0.3 is 0 Å². The molecule has 0 amide bonds. The SMILES string of the molecule is Cc1ccc(S(=O)(=O)N2CCN(Cc3cccn3C)CC2)cc1. The van der Waals surface area contributed by atoms with Gasteiger partial charge in [0, 0.05) is 51.7 Å². The molecular weight excluding hydrogens is 310 g/mol. The van der Waals surface area contributed by atoms with Crippen LogP contribution in [0.4, 0.5) is 0 Å². The first-order valence-corrected chi connectivity index (χ1v) is 9.30. The molecule has 1 saturated heterocycles. The topological polar surface area (TPSA) is 45.6 Å². The molecule has 0 radical (unpaired) electrons. The molecule has 1 aliphatic heterocycles. The van der Waals surface area contributed by atoms with Gasteiger partial charge < -0.3 is 4.57 Å². The fraction of sp³-hybridized carbons (Fsp3) is 0.412. The largest absolute Gasteiger partial charge is 0.353 e. The first-order chi connectivity index (χ1) is 11.0. The van der Waals surface area contributed by atoms with Gasteiger partial charge in [-0.3, -0.25) is 4.90 Å². The average molecular weight is 333 g/mol. The summed E-state index contributed by atoms with van der Waals surface area (Å²) < 4.78 is 29.1. The maximum absolute atomic E-state index is 12.7. The van der Waals surface area contributed by atoms with Crippen LogP contribution >= 0.6 is 0 Å². The molecule has 1 aliphatic rings. The summed E-state index contributed by atoms with van der Waals surface area (Å²) in [7, 11) is -1.34. The summed E-state index contributed by atoms with van der Waals surface area (Å²) in [6, 6.07) is 11.2. The van der Waals surface area contributed by atoms with Crippen LogP contribution in [-0.4, -0.2) is 48.4 Å². The third-order valence-electron chi connectivity index (χ3n) is 4.43. The Hall–Kier alpha value is -1.63. The predicted octanol–water partition coefficient (Wildman–Crippen LogP) is 1.84. The Morgan fingerprint density at radius 1 is 1.00 bits per heavy atom. The predicted molar refractivity (Wildman–Crippen MR) is 90.6 cm³/mol. The van der Waals surface area contributed by atoms with Gasteiger partial charge in [0.2, 0.25) is 10.0 Å². The van der Waals surface area contributed by atoms with E-state index in [-0.39, 0.29) is 0 Å². The van der Waals surface area contributed by atoms with Gasteiger partial charge in [-0.05, 0) is 31.2 Å². The molecule has 0 spiro atoms. The minimum atomic E-state index is -3.37. The molecule has 1 aromatic carbocycles. The summed E-state index contributed by atoms with van der Waals surface area (Å²) in [6.45, 7) is 5.43. The summed E-state index contributed by atoms with van der Waals surface area (Å²) in [5, 5.41) is 0. The number of rotatable bonds is 4. The van der Waals surface area contributed by atoms with Crippen LogP contribution in [-0.2, 0) is 23.6 Å². The summed E-state index contributed by atoms with van der Waals surface area (Å²) in [6.07, 6.45) is 2.04. The standard InChI is InChI=1S/C17H23N3O2S/c1-15-5-7-17(8-6-15)23(21,22)20-12-10-19(11-13-20)14-16-4-3-9-18(16)2/h3-9H,10-14H2,1-2H3. The lowest BCUT2D eigenvalue weighted by Crippen LogP contribution is -2.48. The van der Waals surface area contributed by atoms with Crippen molar-refractivity contribution in [3.63, 3.8) is 0 Å². The highest BCUT2D eigenvalue weighted by atomic mass is 32.2. The van der Waals surface area contributed by atoms with Gasteiger partial charge in [0.1, 0.15) is 0 Å². The molecule has 0 aliphatic carbocycles. The Morgan fingerprint density at radius 2 is 1.65 bits per heavy atom. The van der Waals surface area contributed by atoms with Crippen LogP contribution in [0.2, 0.25) is 0 Å². The Balaban J connectivity index is 1.64. The van der Waals surface area contributed by atoms with Crippen molar-refractivity contribution in [2.75, 3.05) is 26.2 Å². The van der Waals surface area contributed by atoms with E-state index >= 15 is 0 Å². The van der Waals surface area contributed by atoms with Gasteiger partial charge in [-0.15, -0.1) is 0 Å². The molecule has 1 fully saturated rings. The van der Waals surface area contributed by atoms with Crippen LogP contribution in [0.5, 0.6) is 0 Å². The minimum Gasteiger partial charge on any atom is -0.353 e. The van der Waals surface area contributed by atoms with Gasteiger partial charge in [0.15, 0.2) is 0 Å². The molecule has 0 atom stereocenters. The highest BCUT2D eigenvalue weighted by Crippen LogP contribution is 2.19. The minimum absolute atomic E-state index is 0.388. The van der Waals surface area contributed by atoms with E-state index in [2.05, 4.69) is 15.5 Å². The lowest BCUT2D eigenvalue weighted by Gasteiger charge is -2.34. The summed E-state index contributed by atoms with van der Waals surface area (Å²) in [5.41, 5.74) is 2.32. The van der Waals surface area contributed by atoms with Crippen molar-refractivity contribution in [3.05, 3.63) is 53.9 Å². The van der Waals surface area contributed by atoms with E-state index in [1.165, 1.54) is 5.69 Å². The van der Waals surface area contributed by atoms with Crippen LogP contribution in [0.1, 0.15) is 11.3 Å². The van der Waals surface area contributed by atoms with E-state index in [4.69, 9.17) is 0 Å². The van der Waals surface area contributed by atoms with Crippen molar-refractivity contribution < 1.29 is 8.42 Å². The highest BCUT2D eigenvalue weighted by Gasteiger charge is 2.28. The molecule has 1 aromatic heterocycles. The van der Waals surface area contributed by atoms with Gasteiger partial charge in [-0.1, -0.05) is 17.7 Å². The molecule has 2 heterocycles. The second-order valence-electron chi connectivity index (χ2n) is 6.10. The molecule has 2 aromatic rings. The van der Waals surface area contributed by atoms with Gasteiger partial charge in [-0.25, -0.2) is 8.42 Å². The summed E-state index contributed by atoms with van der Waals surface area (Å²) in [5.74, 6) is 0. The van der Waals surface area contributed by atoms with E-state index in [1.807, 2.05) is 38.4 Å². The van der Waals surface area contributed by atoms with Crippen molar-refractivity contribution in [3.8, 4) is 0 Å². The van der Waals surface area contributed by atoms with Crippen LogP contribution in [0, 0.1) is 6.92 Å². The number of piperazine rings is 1. The fourth-order valence-electron chi connectivity index (χ4n) is 2.88. The molecule has 0 bridgehead atoms. The zero-order valence-electron chi connectivity index (χ0n) is 13.6. The first-order valence-electron chi connectivity index (χ1n) is 7.86. The molecular formula is C17H23N3O2S. The summed E-state index contributed by atoms with van der Waals surface area (Å²) in [4.78, 5) is 2.69. The number of sulfonamides is 1. The Morgan fingerprint density at radius 3 is 2.22 bits per heavy atom. The third-order valence-corrected chi connectivity index (χ3v) is 6.34. The van der Waals surface area contributed by atoms with Crippen molar-refractivity contribution in [1.29, 1.82) is 0 Å². The fourth-order valence-corrected chi connectivity index (χ4v) is 4.30. The molecule has 0 N–H and O–H groups in total. The van der Waals surface area contributed by atoms with Gasteiger partial charge in [0.05, 0.1) is 4.90 Å². The number of nitrogens with zero attached hydrogens (tertiary/aromatic N) is 3. The average Bonchev–Trinajstić information content (AvgIpc) is 2.93. The number of aryl methyl sites for hydroxylation is 2. The highest BCUT2D eigenvalue weighted by molar-refractivity contribution is 7.89. The second kappa shape index (κ2) is 6.47. The van der Waals surface area contributed by atoms with Crippen LogP contribution < -0.4 is 0 Å². The molecule has 5 nitrogen and oxygen atoms in total. The van der Waals surface area contributed by atoms with Crippen LogP contribution in [0.25, 0.3) is 0 Å². The molecule has 3 rings (SSSR count). The maximum Gasteiger partial charge on any atom is 0.243 e. The van der Waals surface area contributed by atoms with Crippen molar-refractivity contribution >= 4 is 10.0 Å². The number of aromatic nitrogens is 1. The normalized spacial score (nSPS) is 17.5. The number of benzene rings is 1. The van der Waals surface area contributed by atoms with E-state index in [0.29, 0.717) is 18.0 Å². The smallest absolute Gasteiger partial charge is 0.243 e. The first kappa shape index (κ1) is 16.2. The van der Waals surface area contributed by atoms with Crippen LogP contribution in [0.3, 0.4) is 0 Å². The van der Waals surface area contributed by atoms with E-state index in [9.17, 15) is 8.42 Å². The maximum atomic E-state index is 12.7. The Labute approximate surface area is 138 Å². The second-order valence-corrected chi connectivity index (χ2v) is 8.04. The molecule has 0 unspecified atom stereocenters. The zero-order valence-corrected chi connectivity index (χ0v) is 14.5. The number of hydrogen-bond acceptors (Lipinski definition) is 3. The molecule has 23 heavy (non-hydrogen) atoms. The lowest BCUT2D eigenvalue weighted by atomic mass is 10.2. The molecule has 6 heteroatoms. The third kappa shape index (κ3) is 3.49. The van der Waals surface area contributed by atoms with Gasteiger partial charge in [0.25, 0.3) is 0 Å². The Bertz CT molecular complexity index is 757. The van der Waals surface area contributed by atoms with Gasteiger partial charge in [-0.2, -0.15) is 4.31 Å². The zero-order chi connectivity index (χ0) is 16.4. The number of hydrogen-bond donors (Lipinski definition) is 0. The van der Waals surface area contributed by atoms with Crippen LogP contribution in [0.15, 0.2) is 47.5 Å². The quantitative estimate of drug-likeness (QED) is 0.858. The van der Waals surface area contributed by atoms with E-state index in [0.717, 1.165) is 25.2 Å². The van der Waals surface area contributed by atoms with Crippen molar-refractivity contribution in [1.82, 2.24) is 13.8 Å². The van der Waals surface area contributed by atoms with E-state index in [1.54, 1.807) is 16.4 Å². The summed E-state index contributed by atoms with van der Waals surface area (Å²) >= 11 is 0. The molecule has 0 saturated carbocycles. The molecule has 124 valence electrons. The monoisotopic (exact) mass is 333 g/mol. The van der Waals surface area contributed by atoms with Crippen molar-refractivity contribution in [2.24, 2.45) is 7.05 Å².